The Kier molecular flexibility index (Phi) is 10.6. The lowest BCUT2D eigenvalue weighted by atomic mass is 10.1. The summed E-state index contributed by atoms with van der Waals surface area (Å²) in [5.74, 6) is 0. The summed E-state index contributed by atoms with van der Waals surface area (Å²) in [5, 5.41) is 8.65. The van der Waals surface area contributed by atoms with Crippen LogP contribution in [-0.2, 0) is 9.47 Å². The number of ether oxygens (including phenoxy) is 2. The Labute approximate surface area is 112 Å². The van der Waals surface area contributed by atoms with Crippen LogP contribution in [0.1, 0.15) is 64.2 Å². The van der Waals surface area contributed by atoms with Gasteiger partial charge in [0.2, 0.25) is 0 Å². The van der Waals surface area contributed by atoms with Crippen LogP contribution in [0.4, 0.5) is 0 Å². The first-order valence-corrected chi connectivity index (χ1v) is 7.73. The van der Waals surface area contributed by atoms with E-state index in [2.05, 4.69) is 0 Å². The highest BCUT2D eigenvalue weighted by molar-refractivity contribution is 4.62. The summed E-state index contributed by atoms with van der Waals surface area (Å²) in [6, 6.07) is 0. The zero-order valence-electron chi connectivity index (χ0n) is 11.7. The van der Waals surface area contributed by atoms with E-state index in [1.54, 1.807) is 0 Å². The maximum absolute atomic E-state index is 8.65. The van der Waals surface area contributed by atoms with Crippen LogP contribution < -0.4 is 0 Å². The smallest absolute Gasteiger partial charge is 0.0619 e. The van der Waals surface area contributed by atoms with E-state index in [0.717, 1.165) is 39.1 Å². The van der Waals surface area contributed by atoms with E-state index in [0.29, 0.717) is 12.7 Å². The topological polar surface area (TPSA) is 38.7 Å². The molecule has 108 valence electrons. The number of hydrogen-bond donors (Lipinski definition) is 1. The Morgan fingerprint density at radius 2 is 1.39 bits per heavy atom. The molecule has 0 spiro atoms. The van der Waals surface area contributed by atoms with Gasteiger partial charge in [-0.2, -0.15) is 0 Å². The molecule has 0 radical (unpaired) electrons. The van der Waals surface area contributed by atoms with Crippen LogP contribution >= 0.6 is 0 Å². The van der Waals surface area contributed by atoms with Gasteiger partial charge in [-0.25, -0.2) is 0 Å². The molecular weight excluding hydrogens is 228 g/mol. The fraction of sp³-hybridized carbons (Fsp3) is 1.00. The molecule has 0 amide bonds. The monoisotopic (exact) mass is 258 g/mol. The minimum absolute atomic E-state index is 0.351. The molecule has 0 atom stereocenters. The number of aliphatic hydroxyl groups is 1. The molecule has 0 aromatic heterocycles. The van der Waals surface area contributed by atoms with E-state index in [-0.39, 0.29) is 0 Å². The summed E-state index contributed by atoms with van der Waals surface area (Å²) >= 11 is 0. The van der Waals surface area contributed by atoms with Crippen LogP contribution in [0.3, 0.4) is 0 Å². The first kappa shape index (κ1) is 15.9. The Balaban J connectivity index is 1.73. The van der Waals surface area contributed by atoms with Gasteiger partial charge < -0.3 is 14.6 Å². The first-order valence-electron chi connectivity index (χ1n) is 7.73. The molecule has 1 fully saturated rings. The number of unbranched alkanes of at least 4 members (excludes halogenated alkanes) is 7. The average Bonchev–Trinajstić information content (AvgIpc) is 2.42. The third kappa shape index (κ3) is 8.90. The van der Waals surface area contributed by atoms with Crippen LogP contribution in [0.2, 0.25) is 0 Å². The van der Waals surface area contributed by atoms with Gasteiger partial charge in [0, 0.05) is 26.4 Å². The minimum atomic E-state index is 0.351. The molecule has 3 heteroatoms. The second-order valence-electron chi connectivity index (χ2n) is 5.23. The molecule has 0 aliphatic carbocycles. The van der Waals surface area contributed by atoms with E-state index in [1.807, 2.05) is 0 Å². The molecule has 0 aromatic rings. The minimum Gasteiger partial charge on any atom is -0.396 e. The van der Waals surface area contributed by atoms with Crippen LogP contribution in [0.5, 0.6) is 0 Å². The van der Waals surface area contributed by atoms with Crippen LogP contribution in [0, 0.1) is 0 Å². The Morgan fingerprint density at radius 3 is 2.00 bits per heavy atom. The van der Waals surface area contributed by atoms with E-state index in [1.165, 1.54) is 44.9 Å². The lowest BCUT2D eigenvalue weighted by Gasteiger charge is -2.22. The molecule has 1 N–H and O–H groups in total. The fourth-order valence-corrected chi connectivity index (χ4v) is 2.37. The largest absolute Gasteiger partial charge is 0.396 e. The normalized spacial score (nSPS) is 17.2. The van der Waals surface area contributed by atoms with Crippen molar-refractivity contribution in [2.24, 2.45) is 0 Å². The summed E-state index contributed by atoms with van der Waals surface area (Å²) in [4.78, 5) is 0. The highest BCUT2D eigenvalue weighted by atomic mass is 16.5. The highest BCUT2D eigenvalue weighted by Crippen LogP contribution is 2.12. The van der Waals surface area contributed by atoms with E-state index in [9.17, 15) is 0 Å². The summed E-state index contributed by atoms with van der Waals surface area (Å²) in [5.41, 5.74) is 0. The van der Waals surface area contributed by atoms with Crippen LogP contribution in [-0.4, -0.2) is 37.6 Å². The molecule has 0 saturated carbocycles. The van der Waals surface area contributed by atoms with Gasteiger partial charge in [0.15, 0.2) is 0 Å². The molecule has 0 aromatic carbocycles. The van der Waals surface area contributed by atoms with Crippen molar-refractivity contribution in [3.05, 3.63) is 0 Å². The van der Waals surface area contributed by atoms with Gasteiger partial charge in [0.1, 0.15) is 0 Å². The van der Waals surface area contributed by atoms with Crippen molar-refractivity contribution < 1.29 is 14.6 Å². The van der Waals surface area contributed by atoms with Gasteiger partial charge in [-0.15, -0.1) is 0 Å². The molecule has 3 nitrogen and oxygen atoms in total. The fourth-order valence-electron chi connectivity index (χ4n) is 2.37. The first-order chi connectivity index (χ1) is 8.93. The summed E-state index contributed by atoms with van der Waals surface area (Å²) < 4.78 is 11.1. The van der Waals surface area contributed by atoms with Gasteiger partial charge in [0.05, 0.1) is 6.10 Å². The van der Waals surface area contributed by atoms with Gasteiger partial charge in [-0.05, 0) is 25.7 Å². The van der Waals surface area contributed by atoms with E-state index < -0.39 is 0 Å². The lowest BCUT2D eigenvalue weighted by Crippen LogP contribution is -2.23. The molecule has 1 aliphatic rings. The van der Waals surface area contributed by atoms with Crippen molar-refractivity contribution in [2.75, 3.05) is 26.4 Å². The average molecular weight is 258 g/mol. The molecule has 1 saturated heterocycles. The molecular formula is C15H30O3. The maximum atomic E-state index is 8.65. The van der Waals surface area contributed by atoms with E-state index in [4.69, 9.17) is 14.6 Å². The summed E-state index contributed by atoms with van der Waals surface area (Å²) in [7, 11) is 0. The second kappa shape index (κ2) is 11.9. The Morgan fingerprint density at radius 1 is 0.833 bits per heavy atom. The molecule has 1 rings (SSSR count). The van der Waals surface area contributed by atoms with Gasteiger partial charge in [0.25, 0.3) is 0 Å². The van der Waals surface area contributed by atoms with Crippen molar-refractivity contribution in [3.63, 3.8) is 0 Å². The predicted molar refractivity (Wildman–Crippen MR) is 73.8 cm³/mol. The third-order valence-corrected chi connectivity index (χ3v) is 3.57. The van der Waals surface area contributed by atoms with Crippen LogP contribution in [0.15, 0.2) is 0 Å². The van der Waals surface area contributed by atoms with Crippen molar-refractivity contribution in [3.8, 4) is 0 Å². The van der Waals surface area contributed by atoms with Crippen molar-refractivity contribution >= 4 is 0 Å². The van der Waals surface area contributed by atoms with Crippen molar-refractivity contribution in [1.82, 2.24) is 0 Å². The number of aliphatic hydroxyl groups excluding tert-OH is 1. The van der Waals surface area contributed by atoms with E-state index >= 15 is 0 Å². The SMILES string of the molecule is OCCCCCCCCCCOC1CCOCC1. The Bertz CT molecular complexity index is 167. The molecule has 0 unspecified atom stereocenters. The standard InChI is InChI=1S/C15H30O3/c16-11-7-5-3-1-2-4-6-8-12-18-15-9-13-17-14-10-15/h15-16H,1-14H2. The highest BCUT2D eigenvalue weighted by Gasteiger charge is 2.13. The maximum Gasteiger partial charge on any atom is 0.0619 e. The van der Waals surface area contributed by atoms with Crippen LogP contribution in [0.25, 0.3) is 0 Å². The third-order valence-electron chi connectivity index (χ3n) is 3.57. The van der Waals surface area contributed by atoms with Crippen molar-refractivity contribution in [1.29, 1.82) is 0 Å². The quantitative estimate of drug-likeness (QED) is 0.578. The summed E-state index contributed by atoms with van der Waals surface area (Å²) in [6.07, 6.45) is 12.5. The lowest BCUT2D eigenvalue weighted by molar-refractivity contribution is -0.0327. The molecule has 1 aliphatic heterocycles. The zero-order chi connectivity index (χ0) is 12.9. The predicted octanol–water partition coefficient (Wildman–Crippen LogP) is 3.30. The molecule has 1 heterocycles. The van der Waals surface area contributed by atoms with Crippen molar-refractivity contribution in [2.45, 2.75) is 70.3 Å². The summed E-state index contributed by atoms with van der Waals surface area (Å²) in [6.45, 7) is 3.02. The Hall–Kier alpha value is -0.120. The number of hydrogen-bond acceptors (Lipinski definition) is 3. The number of rotatable bonds is 11. The molecule has 0 bridgehead atoms. The van der Waals surface area contributed by atoms with Gasteiger partial charge in [-0.1, -0.05) is 38.5 Å². The van der Waals surface area contributed by atoms with Gasteiger partial charge >= 0.3 is 0 Å². The second-order valence-corrected chi connectivity index (χ2v) is 5.23. The van der Waals surface area contributed by atoms with Gasteiger partial charge in [-0.3, -0.25) is 0 Å². The zero-order valence-corrected chi connectivity index (χ0v) is 11.7. The molecule has 18 heavy (non-hydrogen) atoms.